The highest BCUT2D eigenvalue weighted by Gasteiger charge is 2.32. The molecule has 0 radical (unpaired) electrons. The number of methoxy groups -OCH3 is 1. The van der Waals surface area contributed by atoms with Gasteiger partial charge in [0.25, 0.3) is 0 Å². The summed E-state index contributed by atoms with van der Waals surface area (Å²) in [5.74, 6) is 0.987. The Morgan fingerprint density at radius 2 is 1.70 bits per heavy atom. The second-order valence-corrected chi connectivity index (χ2v) is 7.38. The molecule has 0 aromatic carbocycles. The predicted molar refractivity (Wildman–Crippen MR) is 99.9 cm³/mol. The van der Waals surface area contributed by atoms with E-state index >= 15 is 0 Å². The number of ether oxygens (including phenoxy) is 2. The van der Waals surface area contributed by atoms with Gasteiger partial charge >= 0.3 is 0 Å². The lowest BCUT2D eigenvalue weighted by Crippen LogP contribution is -2.37. The summed E-state index contributed by atoms with van der Waals surface area (Å²) in [4.78, 5) is 16.9. The van der Waals surface area contributed by atoms with Gasteiger partial charge < -0.3 is 19.7 Å². The predicted octanol–water partition coefficient (Wildman–Crippen LogP) is 1.87. The molecule has 0 saturated heterocycles. The van der Waals surface area contributed by atoms with E-state index in [0.717, 1.165) is 5.69 Å². The third-order valence-electron chi connectivity index (χ3n) is 4.30. The van der Waals surface area contributed by atoms with Gasteiger partial charge in [-0.1, -0.05) is 27.7 Å². The first kappa shape index (κ1) is 21.0. The minimum atomic E-state index is -1.08. The third kappa shape index (κ3) is 5.58. The number of nitrogens with zero attached hydrogens (tertiary/aromatic N) is 4. The van der Waals surface area contributed by atoms with Crippen LogP contribution < -0.4 is 9.47 Å². The van der Waals surface area contributed by atoms with Crippen molar-refractivity contribution in [2.45, 2.75) is 57.7 Å². The first-order valence-electron chi connectivity index (χ1n) is 8.91. The number of hydrogen-bond donors (Lipinski definition) is 2. The minimum absolute atomic E-state index is 0.0927. The van der Waals surface area contributed by atoms with E-state index < -0.39 is 17.6 Å². The molecule has 0 spiro atoms. The molecule has 8 heteroatoms. The van der Waals surface area contributed by atoms with Crippen molar-refractivity contribution in [1.29, 1.82) is 0 Å². The summed E-state index contributed by atoms with van der Waals surface area (Å²) in [6.07, 6.45) is 4.43. The molecular weight excluding hydrogens is 348 g/mol. The van der Waals surface area contributed by atoms with Crippen molar-refractivity contribution in [1.82, 2.24) is 19.9 Å². The Morgan fingerprint density at radius 1 is 1.00 bits per heavy atom. The van der Waals surface area contributed by atoms with Gasteiger partial charge in [0.1, 0.15) is 18.4 Å². The fourth-order valence-electron chi connectivity index (χ4n) is 2.68. The van der Waals surface area contributed by atoms with E-state index in [1.807, 2.05) is 27.7 Å². The first-order valence-corrected chi connectivity index (χ1v) is 8.91. The normalized spacial score (nSPS) is 14.1. The SMILES string of the molecule is COc1nccnc1C(C)(C)CC(O)[C@H](O)COc1cnc(C(C)C)cn1. The average Bonchev–Trinajstić information content (AvgIpc) is 2.65. The Kier molecular flexibility index (Phi) is 7.04. The quantitative estimate of drug-likeness (QED) is 0.682. The second kappa shape index (κ2) is 9.05. The number of aromatic nitrogens is 4. The van der Waals surface area contributed by atoms with Crippen LogP contribution in [0.5, 0.6) is 11.8 Å². The van der Waals surface area contributed by atoms with Crippen molar-refractivity contribution in [3.05, 3.63) is 36.2 Å². The number of hydrogen-bond acceptors (Lipinski definition) is 8. The van der Waals surface area contributed by atoms with Gasteiger partial charge in [0, 0.05) is 17.8 Å². The standard InChI is InChI=1S/C19H28N4O4/c1-12(2)13-9-23-16(10-22-13)27-11-15(25)14(24)8-19(3,4)17-18(26-5)21-7-6-20-17/h6-7,9-10,12,14-15,24-25H,8,11H2,1-5H3/t14?,15-/m1/s1. The van der Waals surface area contributed by atoms with E-state index in [0.29, 0.717) is 17.5 Å². The maximum absolute atomic E-state index is 10.4. The Balaban J connectivity index is 1.95. The van der Waals surface area contributed by atoms with Crippen LogP contribution in [0.3, 0.4) is 0 Å². The molecule has 1 unspecified atom stereocenters. The van der Waals surface area contributed by atoms with Crippen LogP contribution in [0.1, 0.15) is 51.4 Å². The molecule has 0 saturated carbocycles. The van der Waals surface area contributed by atoms with Crippen molar-refractivity contribution in [3.63, 3.8) is 0 Å². The topological polar surface area (TPSA) is 110 Å². The fourth-order valence-corrected chi connectivity index (χ4v) is 2.68. The molecule has 0 aliphatic heterocycles. The van der Waals surface area contributed by atoms with Crippen LogP contribution in [0, 0.1) is 0 Å². The zero-order valence-corrected chi connectivity index (χ0v) is 16.5. The summed E-state index contributed by atoms with van der Waals surface area (Å²) in [5, 5.41) is 20.7. The van der Waals surface area contributed by atoms with Crippen molar-refractivity contribution in [2.75, 3.05) is 13.7 Å². The fraction of sp³-hybridized carbons (Fsp3) is 0.579. The monoisotopic (exact) mass is 376 g/mol. The van der Waals surface area contributed by atoms with Gasteiger partial charge in [-0.05, 0) is 12.3 Å². The molecule has 2 aromatic heterocycles. The molecule has 2 aromatic rings. The molecule has 2 rings (SSSR count). The maximum Gasteiger partial charge on any atom is 0.235 e. The Labute approximate surface area is 159 Å². The molecule has 0 fully saturated rings. The van der Waals surface area contributed by atoms with Gasteiger partial charge in [-0.3, -0.25) is 9.97 Å². The van der Waals surface area contributed by atoms with Crippen molar-refractivity contribution >= 4 is 0 Å². The zero-order chi connectivity index (χ0) is 20.0. The summed E-state index contributed by atoms with van der Waals surface area (Å²) in [5.41, 5.74) is 0.927. The van der Waals surface area contributed by atoms with Crippen LogP contribution >= 0.6 is 0 Å². The van der Waals surface area contributed by atoms with E-state index in [2.05, 4.69) is 19.9 Å². The largest absolute Gasteiger partial charge is 0.480 e. The number of aliphatic hydroxyl groups is 2. The van der Waals surface area contributed by atoms with Crippen molar-refractivity contribution < 1.29 is 19.7 Å². The summed E-state index contributed by atoms with van der Waals surface area (Å²) in [6.45, 7) is 7.78. The van der Waals surface area contributed by atoms with Crippen LogP contribution in [0.25, 0.3) is 0 Å². The van der Waals surface area contributed by atoms with Crippen LogP contribution in [-0.2, 0) is 5.41 Å². The van der Waals surface area contributed by atoms with Crippen LogP contribution in [0.2, 0.25) is 0 Å². The molecule has 27 heavy (non-hydrogen) atoms. The lowest BCUT2D eigenvalue weighted by atomic mass is 9.82. The molecule has 2 atom stereocenters. The highest BCUT2D eigenvalue weighted by atomic mass is 16.5. The smallest absolute Gasteiger partial charge is 0.235 e. The Bertz CT molecular complexity index is 722. The van der Waals surface area contributed by atoms with E-state index in [-0.39, 0.29) is 18.9 Å². The summed E-state index contributed by atoms with van der Waals surface area (Å²) in [6, 6.07) is 0. The van der Waals surface area contributed by atoms with E-state index in [4.69, 9.17) is 9.47 Å². The second-order valence-electron chi connectivity index (χ2n) is 7.38. The molecule has 0 aliphatic carbocycles. The summed E-state index contributed by atoms with van der Waals surface area (Å²) in [7, 11) is 1.52. The number of aliphatic hydroxyl groups excluding tert-OH is 2. The molecule has 148 valence electrons. The molecule has 0 amide bonds. The minimum Gasteiger partial charge on any atom is -0.480 e. The van der Waals surface area contributed by atoms with E-state index in [1.54, 1.807) is 18.6 Å². The zero-order valence-electron chi connectivity index (χ0n) is 16.5. The lowest BCUT2D eigenvalue weighted by molar-refractivity contribution is -0.0216. The Hall–Kier alpha value is -2.32. The molecule has 0 bridgehead atoms. The van der Waals surface area contributed by atoms with Crippen LogP contribution in [-0.4, -0.2) is 56.1 Å². The summed E-state index contributed by atoms with van der Waals surface area (Å²) < 4.78 is 10.7. The molecular formula is C19H28N4O4. The highest BCUT2D eigenvalue weighted by Crippen LogP contribution is 2.32. The van der Waals surface area contributed by atoms with Crippen LogP contribution in [0.15, 0.2) is 24.8 Å². The Morgan fingerprint density at radius 3 is 2.30 bits per heavy atom. The lowest BCUT2D eigenvalue weighted by Gasteiger charge is -2.29. The van der Waals surface area contributed by atoms with Gasteiger partial charge in [0.05, 0.1) is 31.3 Å². The van der Waals surface area contributed by atoms with Crippen molar-refractivity contribution in [3.8, 4) is 11.8 Å². The molecule has 2 heterocycles. The van der Waals surface area contributed by atoms with E-state index in [9.17, 15) is 10.2 Å². The van der Waals surface area contributed by atoms with Gasteiger partial charge in [0.2, 0.25) is 11.8 Å². The van der Waals surface area contributed by atoms with Gasteiger partial charge in [-0.15, -0.1) is 0 Å². The third-order valence-corrected chi connectivity index (χ3v) is 4.30. The molecule has 0 aliphatic rings. The summed E-state index contributed by atoms with van der Waals surface area (Å²) >= 11 is 0. The highest BCUT2D eigenvalue weighted by molar-refractivity contribution is 5.25. The maximum atomic E-state index is 10.4. The van der Waals surface area contributed by atoms with Crippen LogP contribution in [0.4, 0.5) is 0 Å². The molecule has 8 nitrogen and oxygen atoms in total. The average molecular weight is 376 g/mol. The van der Waals surface area contributed by atoms with Gasteiger partial charge in [0.15, 0.2) is 0 Å². The first-order chi connectivity index (χ1) is 12.7. The van der Waals surface area contributed by atoms with Gasteiger partial charge in [-0.25, -0.2) is 9.97 Å². The number of rotatable bonds is 9. The molecule has 2 N–H and O–H groups in total. The van der Waals surface area contributed by atoms with Crippen molar-refractivity contribution in [2.24, 2.45) is 0 Å². The van der Waals surface area contributed by atoms with E-state index in [1.165, 1.54) is 13.3 Å². The van der Waals surface area contributed by atoms with Gasteiger partial charge in [-0.2, -0.15) is 0 Å².